The van der Waals surface area contributed by atoms with Crippen molar-refractivity contribution in [3.05, 3.63) is 154 Å². The van der Waals surface area contributed by atoms with Crippen LogP contribution in [0.15, 0.2) is 121 Å². The zero-order chi connectivity index (χ0) is 39.1. The highest BCUT2D eigenvalue weighted by Gasteiger charge is 2.65. The van der Waals surface area contributed by atoms with E-state index in [0.29, 0.717) is 21.7 Å². The number of carbonyl (C=O) groups excluding carboxylic acids is 4. The van der Waals surface area contributed by atoms with Crippen LogP contribution >= 0.6 is 23.2 Å². The molecule has 1 fully saturated rings. The van der Waals surface area contributed by atoms with Gasteiger partial charge in [0.05, 0.1) is 45.3 Å². The lowest BCUT2D eigenvalue weighted by molar-refractivity contribution is -0.193. The van der Waals surface area contributed by atoms with Crippen LogP contribution in [0.3, 0.4) is 0 Å². The molecule has 1 amide bonds. The van der Waals surface area contributed by atoms with E-state index in [-0.39, 0.29) is 30.2 Å². The molecular formula is C43H37Cl2NO9. The van der Waals surface area contributed by atoms with Crippen molar-refractivity contribution < 1.29 is 43.3 Å². The first kappa shape index (κ1) is 39.0. The Hall–Kier alpha value is -5.71. The van der Waals surface area contributed by atoms with Gasteiger partial charge >= 0.3 is 23.9 Å². The average molecular weight is 783 g/mol. The summed E-state index contributed by atoms with van der Waals surface area (Å²) in [5.74, 6) is -10.9. The summed E-state index contributed by atoms with van der Waals surface area (Å²) in [5, 5.41) is 15.5. The molecule has 0 radical (unpaired) electrons. The minimum absolute atomic E-state index is 0.0850. The molecular weight excluding hydrogens is 745 g/mol. The molecule has 0 unspecified atom stereocenters. The van der Waals surface area contributed by atoms with Crippen molar-refractivity contribution in [1.82, 2.24) is 5.32 Å². The number of esters is 3. The zero-order valence-corrected chi connectivity index (χ0v) is 31.1. The summed E-state index contributed by atoms with van der Waals surface area (Å²) in [6.07, 6.45) is -0.916. The van der Waals surface area contributed by atoms with Crippen molar-refractivity contribution >= 4 is 63.8 Å². The maximum absolute atomic E-state index is 14.1. The molecule has 5 aromatic carbocycles. The summed E-state index contributed by atoms with van der Waals surface area (Å²) in [6, 6.07) is 34.2. The monoisotopic (exact) mass is 781 g/mol. The first-order valence-corrected chi connectivity index (χ1v) is 18.3. The van der Waals surface area contributed by atoms with Crippen molar-refractivity contribution in [3.63, 3.8) is 0 Å². The molecule has 2 N–H and O–H groups in total. The van der Waals surface area contributed by atoms with Crippen molar-refractivity contribution in [1.29, 1.82) is 0 Å². The Morgan fingerprint density at radius 3 is 1.78 bits per heavy atom. The summed E-state index contributed by atoms with van der Waals surface area (Å²) in [6.45, 7) is 1.26. The Morgan fingerprint density at radius 2 is 1.20 bits per heavy atom. The van der Waals surface area contributed by atoms with Crippen LogP contribution in [0.5, 0.6) is 0 Å². The lowest BCUT2D eigenvalue weighted by atomic mass is 9.56. The number of benzene rings is 5. The first-order valence-electron chi connectivity index (χ1n) is 17.6. The van der Waals surface area contributed by atoms with E-state index in [4.69, 9.17) is 37.4 Å². The number of aliphatic carboxylic acids is 1. The van der Waals surface area contributed by atoms with E-state index in [9.17, 15) is 29.1 Å². The fourth-order valence-corrected chi connectivity index (χ4v) is 7.09. The summed E-state index contributed by atoms with van der Waals surface area (Å²) >= 11 is 12.4. The molecule has 55 heavy (non-hydrogen) atoms. The van der Waals surface area contributed by atoms with Gasteiger partial charge in [0.15, 0.2) is 0 Å². The van der Waals surface area contributed by atoms with E-state index in [1.54, 1.807) is 104 Å². The molecule has 5 aromatic rings. The number of hydrogen-bond acceptors (Lipinski definition) is 8. The fraction of sp³-hybridized carbons (Fsp3) is 0.233. The molecule has 12 heteroatoms. The van der Waals surface area contributed by atoms with E-state index in [0.717, 1.165) is 10.8 Å². The minimum Gasteiger partial charge on any atom is -0.481 e. The van der Waals surface area contributed by atoms with E-state index in [2.05, 4.69) is 5.32 Å². The van der Waals surface area contributed by atoms with Crippen LogP contribution in [0.4, 0.5) is 0 Å². The van der Waals surface area contributed by atoms with Crippen LogP contribution in [-0.2, 0) is 53.0 Å². The number of amides is 1. The van der Waals surface area contributed by atoms with Crippen LogP contribution in [0.25, 0.3) is 10.8 Å². The third-order valence-corrected chi connectivity index (χ3v) is 10.5. The second kappa shape index (κ2) is 17.6. The third kappa shape index (κ3) is 9.33. The Balaban J connectivity index is 1.25. The highest BCUT2D eigenvalue weighted by Crippen LogP contribution is 2.48. The lowest BCUT2D eigenvalue weighted by Crippen LogP contribution is -2.63. The second-order valence-electron chi connectivity index (χ2n) is 13.4. The summed E-state index contributed by atoms with van der Waals surface area (Å²) in [4.78, 5) is 67.6. The second-order valence-corrected chi connectivity index (χ2v) is 14.2. The number of nitrogens with one attached hydrogen (secondary N) is 1. The van der Waals surface area contributed by atoms with Gasteiger partial charge in [-0.15, -0.1) is 0 Å². The third-order valence-electron chi connectivity index (χ3n) is 9.72. The molecule has 0 spiro atoms. The maximum atomic E-state index is 14.1. The van der Waals surface area contributed by atoms with Gasteiger partial charge in [0, 0.05) is 6.42 Å². The Bertz CT molecular complexity index is 2200. The number of carboxylic acid groups (broad SMARTS) is 1. The van der Waals surface area contributed by atoms with Gasteiger partial charge in [0.25, 0.3) is 0 Å². The van der Waals surface area contributed by atoms with Gasteiger partial charge in [-0.3, -0.25) is 19.2 Å². The SMILES string of the molecule is C[C@H](NC(=O)[C@H]1[C@H](C(=O)O)[C@H](C(=O)OCc2ccccc2)[C@H]1C(=O)OCc1ccccc1)[C@H](Cc1ccc(Cl)c(Cl)c1)OC(=O)c1ccc2ccccc2c1. The highest BCUT2D eigenvalue weighted by molar-refractivity contribution is 6.42. The van der Waals surface area contributed by atoms with Crippen molar-refractivity contribution in [2.24, 2.45) is 23.7 Å². The Morgan fingerprint density at radius 1 is 0.636 bits per heavy atom. The van der Waals surface area contributed by atoms with Crippen molar-refractivity contribution in [3.8, 4) is 0 Å². The standard InChI is InChI=1S/C43H37Cl2NO9/c1-25(34(21-28-16-19-32(44)33(45)20-28)55-41(50)31-18-17-29-14-8-9-15-30(29)22-31)46-39(47)35-36(40(48)49)38(43(52)54-24-27-12-6-3-7-13-27)37(35)42(51)53-23-26-10-4-2-5-11-26/h2-20,22,25,34-38H,21,23-24H2,1H3,(H,46,47)(H,48,49)/t25-,34-,35-,36-,37-,38-/m0/s1. The minimum atomic E-state index is -1.61. The normalized spacial score (nSPS) is 18.6. The molecule has 6 atom stereocenters. The van der Waals surface area contributed by atoms with Gasteiger partial charge < -0.3 is 24.6 Å². The largest absolute Gasteiger partial charge is 0.481 e. The van der Waals surface area contributed by atoms with Crippen LogP contribution in [0.2, 0.25) is 10.0 Å². The number of hydrogen-bond donors (Lipinski definition) is 2. The van der Waals surface area contributed by atoms with Crippen LogP contribution in [-0.4, -0.2) is 47.0 Å². The quantitative estimate of drug-likeness (QED) is 0.0866. The summed E-state index contributed by atoms with van der Waals surface area (Å²) in [5.41, 5.74) is 2.22. The van der Waals surface area contributed by atoms with Crippen molar-refractivity contribution in [2.75, 3.05) is 0 Å². The molecule has 0 heterocycles. The average Bonchev–Trinajstić information content (AvgIpc) is 3.17. The smallest absolute Gasteiger partial charge is 0.338 e. The predicted octanol–water partition coefficient (Wildman–Crippen LogP) is 7.47. The van der Waals surface area contributed by atoms with E-state index in [1.165, 1.54) is 0 Å². The number of fused-ring (bicyclic) bond motifs is 1. The van der Waals surface area contributed by atoms with Crippen LogP contribution in [0.1, 0.15) is 34.0 Å². The molecule has 282 valence electrons. The number of carbonyl (C=O) groups is 5. The number of rotatable bonds is 14. The fourth-order valence-electron chi connectivity index (χ4n) is 6.77. The van der Waals surface area contributed by atoms with Gasteiger partial charge in [0.1, 0.15) is 19.3 Å². The zero-order valence-electron chi connectivity index (χ0n) is 29.6. The van der Waals surface area contributed by atoms with E-state index >= 15 is 0 Å². The molecule has 0 aromatic heterocycles. The van der Waals surface area contributed by atoms with Gasteiger partial charge in [-0.2, -0.15) is 0 Å². The molecule has 0 saturated heterocycles. The van der Waals surface area contributed by atoms with E-state index in [1.807, 2.05) is 24.3 Å². The summed E-state index contributed by atoms with van der Waals surface area (Å²) in [7, 11) is 0. The number of ether oxygens (including phenoxy) is 3. The van der Waals surface area contributed by atoms with E-state index < -0.39 is 65.6 Å². The molecule has 6 rings (SSSR count). The van der Waals surface area contributed by atoms with Gasteiger partial charge in [-0.25, -0.2) is 4.79 Å². The van der Waals surface area contributed by atoms with Gasteiger partial charge in [-0.1, -0.05) is 120 Å². The Labute approximate surface area is 327 Å². The van der Waals surface area contributed by atoms with Crippen molar-refractivity contribution in [2.45, 2.75) is 38.7 Å². The lowest BCUT2D eigenvalue weighted by Gasteiger charge is -2.45. The molecule has 0 bridgehead atoms. The molecule has 1 saturated carbocycles. The predicted molar refractivity (Wildman–Crippen MR) is 205 cm³/mol. The topological polar surface area (TPSA) is 145 Å². The summed E-state index contributed by atoms with van der Waals surface area (Å²) < 4.78 is 17.0. The van der Waals surface area contributed by atoms with Gasteiger partial charge in [-0.05, 0) is 58.7 Å². The van der Waals surface area contributed by atoms with Gasteiger partial charge in [0.2, 0.25) is 5.91 Å². The number of carboxylic acids is 1. The Kier molecular flexibility index (Phi) is 12.5. The first-order chi connectivity index (χ1) is 26.5. The molecule has 1 aliphatic rings. The number of halogens is 2. The molecule has 1 aliphatic carbocycles. The van der Waals surface area contributed by atoms with Crippen LogP contribution < -0.4 is 5.32 Å². The van der Waals surface area contributed by atoms with Crippen LogP contribution in [0, 0.1) is 23.7 Å². The highest BCUT2D eigenvalue weighted by atomic mass is 35.5. The maximum Gasteiger partial charge on any atom is 0.338 e. The molecule has 0 aliphatic heterocycles. The molecule has 10 nitrogen and oxygen atoms in total.